The van der Waals surface area contributed by atoms with Crippen LogP contribution in [0.1, 0.15) is 47.5 Å². The molecule has 4 nitrogen and oxygen atoms in total. The van der Waals surface area contributed by atoms with Crippen molar-refractivity contribution >= 4 is 24.2 Å². The van der Waals surface area contributed by atoms with E-state index in [2.05, 4.69) is 5.32 Å². The van der Waals surface area contributed by atoms with Gasteiger partial charge in [0.15, 0.2) is 0 Å². The molecule has 120 valence electrons. The van der Waals surface area contributed by atoms with Crippen LogP contribution in [-0.4, -0.2) is 24.2 Å². The van der Waals surface area contributed by atoms with Gasteiger partial charge in [-0.3, -0.25) is 4.79 Å². The highest BCUT2D eigenvalue weighted by atomic mass is 19.1. The fourth-order valence-electron chi connectivity index (χ4n) is 2.24. The van der Waals surface area contributed by atoms with Gasteiger partial charge in [0.25, 0.3) is 0 Å². The molecule has 6 heteroatoms. The van der Waals surface area contributed by atoms with Gasteiger partial charge in [0, 0.05) is 11.9 Å². The van der Waals surface area contributed by atoms with Crippen LogP contribution in [0.25, 0.3) is 0 Å². The van der Waals surface area contributed by atoms with E-state index in [0.29, 0.717) is 18.3 Å². The first-order chi connectivity index (χ1) is 10.2. The Morgan fingerprint density at radius 2 is 1.82 bits per heavy atom. The minimum Gasteiger partial charge on any atom is -0.399 e. The topological polar surface area (TPSA) is 47.6 Å². The number of benzene rings is 1. The van der Waals surface area contributed by atoms with E-state index in [-0.39, 0.29) is 11.6 Å². The van der Waals surface area contributed by atoms with Gasteiger partial charge in [0.05, 0.1) is 16.9 Å². The van der Waals surface area contributed by atoms with Gasteiger partial charge in [-0.15, -0.1) is 0 Å². The maximum atomic E-state index is 14.7. The molecule has 1 N–H and O–H groups in total. The summed E-state index contributed by atoms with van der Waals surface area (Å²) in [4.78, 5) is 11.7. The molecule has 1 aliphatic heterocycles. The van der Waals surface area contributed by atoms with E-state index >= 15 is 0 Å². The quantitative estimate of drug-likeness (QED) is 0.870. The lowest BCUT2D eigenvalue weighted by Gasteiger charge is -2.32. The third-order valence-electron chi connectivity index (χ3n) is 4.29. The van der Waals surface area contributed by atoms with E-state index in [4.69, 9.17) is 9.31 Å². The molecule has 1 amide bonds. The highest BCUT2D eigenvalue weighted by Gasteiger charge is 2.52. The minimum absolute atomic E-state index is 0.158. The summed E-state index contributed by atoms with van der Waals surface area (Å²) in [6.07, 6.45) is 1.07. The average Bonchev–Trinajstić information content (AvgIpc) is 2.61. The van der Waals surface area contributed by atoms with Crippen molar-refractivity contribution in [3.8, 4) is 0 Å². The molecule has 0 aromatic heterocycles. The molecule has 0 spiro atoms. The van der Waals surface area contributed by atoms with E-state index in [1.165, 1.54) is 6.07 Å². The SMILES string of the molecule is CCCC(=O)Nc1cccc(B2OC(C)(C)C(C)(C)O2)c1F. The van der Waals surface area contributed by atoms with E-state index < -0.39 is 24.1 Å². The van der Waals surface area contributed by atoms with Crippen molar-refractivity contribution in [3.05, 3.63) is 24.0 Å². The molecule has 1 saturated heterocycles. The molecular weight excluding hydrogens is 284 g/mol. The molecule has 1 aromatic carbocycles. The van der Waals surface area contributed by atoms with Gasteiger partial charge in [-0.1, -0.05) is 19.1 Å². The molecule has 2 rings (SSSR count). The zero-order valence-corrected chi connectivity index (χ0v) is 13.8. The van der Waals surface area contributed by atoms with Crippen molar-refractivity contribution < 1.29 is 18.5 Å². The maximum Gasteiger partial charge on any atom is 0.497 e. The summed E-state index contributed by atoms with van der Waals surface area (Å²) in [5.74, 6) is -0.710. The maximum absolute atomic E-state index is 14.7. The van der Waals surface area contributed by atoms with Crippen LogP contribution in [0.5, 0.6) is 0 Å². The number of rotatable bonds is 4. The lowest BCUT2D eigenvalue weighted by molar-refractivity contribution is -0.116. The average molecular weight is 307 g/mol. The molecule has 1 aliphatic rings. The summed E-state index contributed by atoms with van der Waals surface area (Å²) in [5, 5.41) is 2.59. The van der Waals surface area contributed by atoms with Crippen molar-refractivity contribution in [2.24, 2.45) is 0 Å². The third-order valence-corrected chi connectivity index (χ3v) is 4.29. The highest BCUT2D eigenvalue weighted by Crippen LogP contribution is 2.36. The van der Waals surface area contributed by atoms with Crippen LogP contribution >= 0.6 is 0 Å². The number of nitrogens with one attached hydrogen (secondary N) is 1. The van der Waals surface area contributed by atoms with Crippen LogP contribution in [0.3, 0.4) is 0 Å². The fourth-order valence-corrected chi connectivity index (χ4v) is 2.24. The molecule has 0 bridgehead atoms. The molecule has 0 radical (unpaired) electrons. The Hall–Kier alpha value is -1.40. The van der Waals surface area contributed by atoms with Crippen molar-refractivity contribution in [3.63, 3.8) is 0 Å². The van der Waals surface area contributed by atoms with Crippen LogP contribution in [0.2, 0.25) is 0 Å². The fraction of sp³-hybridized carbons (Fsp3) is 0.562. The second kappa shape index (κ2) is 6.01. The number of carbonyl (C=O) groups is 1. The smallest absolute Gasteiger partial charge is 0.399 e. The Morgan fingerprint density at radius 1 is 1.23 bits per heavy atom. The largest absolute Gasteiger partial charge is 0.497 e. The molecule has 22 heavy (non-hydrogen) atoms. The number of halogens is 1. The Labute approximate surface area is 131 Å². The lowest BCUT2D eigenvalue weighted by Crippen LogP contribution is -2.41. The lowest BCUT2D eigenvalue weighted by atomic mass is 9.78. The predicted octanol–water partition coefficient (Wildman–Crippen LogP) is 2.86. The molecule has 0 unspecified atom stereocenters. The van der Waals surface area contributed by atoms with Crippen LogP contribution in [0.15, 0.2) is 18.2 Å². The van der Waals surface area contributed by atoms with Gasteiger partial charge in [0.2, 0.25) is 5.91 Å². The summed E-state index contributed by atoms with van der Waals surface area (Å²) in [5.41, 5.74) is -0.615. The van der Waals surface area contributed by atoms with E-state index in [0.717, 1.165) is 0 Å². The highest BCUT2D eigenvalue weighted by molar-refractivity contribution is 6.62. The van der Waals surface area contributed by atoms with Gasteiger partial charge in [-0.25, -0.2) is 4.39 Å². The monoisotopic (exact) mass is 307 g/mol. The Kier molecular flexibility index (Phi) is 4.63. The van der Waals surface area contributed by atoms with Gasteiger partial charge in [-0.2, -0.15) is 0 Å². The molecule has 1 fully saturated rings. The second-order valence-electron chi connectivity index (χ2n) is 6.60. The number of hydrogen-bond donors (Lipinski definition) is 1. The zero-order valence-electron chi connectivity index (χ0n) is 13.8. The van der Waals surface area contributed by atoms with E-state index in [1.807, 2.05) is 34.6 Å². The molecule has 1 aromatic rings. The first-order valence-corrected chi connectivity index (χ1v) is 7.62. The van der Waals surface area contributed by atoms with Crippen LogP contribution in [0.4, 0.5) is 10.1 Å². The zero-order chi connectivity index (χ0) is 16.5. The minimum atomic E-state index is -0.784. The van der Waals surface area contributed by atoms with Gasteiger partial charge < -0.3 is 14.6 Å². The second-order valence-corrected chi connectivity index (χ2v) is 6.60. The summed E-state index contributed by atoms with van der Waals surface area (Å²) < 4.78 is 26.4. The van der Waals surface area contributed by atoms with Crippen molar-refractivity contribution in [2.75, 3.05) is 5.32 Å². The van der Waals surface area contributed by atoms with Crippen LogP contribution in [-0.2, 0) is 14.1 Å². The summed E-state index contributed by atoms with van der Waals surface area (Å²) in [6.45, 7) is 9.56. The summed E-state index contributed by atoms with van der Waals surface area (Å²) in [7, 11) is -0.784. The standard InChI is InChI=1S/C16H23BFNO3/c1-6-8-13(20)19-12-10-7-9-11(14(12)18)17-21-15(2,3)16(4,5)22-17/h7,9-10H,6,8H2,1-5H3,(H,19,20). The number of amides is 1. The van der Waals surface area contributed by atoms with Crippen molar-refractivity contribution in [2.45, 2.75) is 58.7 Å². The predicted molar refractivity (Wildman–Crippen MR) is 85.7 cm³/mol. The Bertz CT molecular complexity index is 559. The van der Waals surface area contributed by atoms with Gasteiger partial charge in [-0.05, 0) is 40.2 Å². The number of hydrogen-bond acceptors (Lipinski definition) is 3. The van der Waals surface area contributed by atoms with E-state index in [9.17, 15) is 9.18 Å². The first-order valence-electron chi connectivity index (χ1n) is 7.62. The Morgan fingerprint density at radius 3 is 2.36 bits per heavy atom. The molecule has 0 aliphatic carbocycles. The third kappa shape index (κ3) is 3.18. The summed E-state index contributed by atoms with van der Waals surface area (Å²) >= 11 is 0. The normalized spacial score (nSPS) is 19.3. The molecular formula is C16H23BFNO3. The molecule has 0 saturated carbocycles. The molecule has 0 atom stereocenters. The van der Waals surface area contributed by atoms with E-state index in [1.54, 1.807) is 12.1 Å². The molecule has 1 heterocycles. The first kappa shape index (κ1) is 17.0. The van der Waals surface area contributed by atoms with Crippen molar-refractivity contribution in [1.29, 1.82) is 0 Å². The van der Waals surface area contributed by atoms with Crippen molar-refractivity contribution in [1.82, 2.24) is 0 Å². The van der Waals surface area contributed by atoms with Crippen LogP contribution in [0, 0.1) is 5.82 Å². The summed E-state index contributed by atoms with van der Waals surface area (Å²) in [6, 6.07) is 4.84. The number of carbonyl (C=O) groups excluding carboxylic acids is 1. The Balaban J connectivity index is 2.25. The van der Waals surface area contributed by atoms with Gasteiger partial charge >= 0.3 is 7.12 Å². The van der Waals surface area contributed by atoms with Crippen LogP contribution < -0.4 is 10.8 Å². The van der Waals surface area contributed by atoms with Gasteiger partial charge in [0.1, 0.15) is 5.82 Å². The number of anilines is 1.